The molecule has 2 rings (SSSR count). The lowest BCUT2D eigenvalue weighted by Crippen LogP contribution is -2.09. The first-order chi connectivity index (χ1) is 9.40. The number of pyridine rings is 1. The van der Waals surface area contributed by atoms with Gasteiger partial charge in [-0.25, -0.2) is 4.39 Å². The molecule has 0 radical (unpaired) electrons. The van der Waals surface area contributed by atoms with Gasteiger partial charge >= 0.3 is 6.18 Å². The Hall–Kier alpha value is -1.86. The summed E-state index contributed by atoms with van der Waals surface area (Å²) in [4.78, 5) is 3.96. The molecule has 0 saturated carbocycles. The van der Waals surface area contributed by atoms with Crippen molar-refractivity contribution in [1.82, 2.24) is 4.98 Å². The Kier molecular flexibility index (Phi) is 5.51. The number of hydrogen-bond donors (Lipinski definition) is 2. The summed E-state index contributed by atoms with van der Waals surface area (Å²) in [6, 6.07) is 5.59. The SMILES string of the molecule is Cl.NCc1ccc(Nc2ccc(F)cc2C(F)(F)F)cn1. The average Bonchev–Trinajstić information content (AvgIpc) is 2.40. The van der Waals surface area contributed by atoms with Gasteiger partial charge in [-0.2, -0.15) is 13.2 Å². The number of hydrogen-bond acceptors (Lipinski definition) is 3. The molecule has 3 nitrogen and oxygen atoms in total. The topological polar surface area (TPSA) is 50.9 Å². The second-order valence-corrected chi connectivity index (χ2v) is 4.06. The lowest BCUT2D eigenvalue weighted by molar-refractivity contribution is -0.137. The quantitative estimate of drug-likeness (QED) is 0.844. The van der Waals surface area contributed by atoms with Crippen molar-refractivity contribution in [2.75, 3.05) is 5.32 Å². The lowest BCUT2D eigenvalue weighted by Gasteiger charge is -2.14. The van der Waals surface area contributed by atoms with Crippen LogP contribution < -0.4 is 11.1 Å². The zero-order valence-corrected chi connectivity index (χ0v) is 11.4. The molecule has 2 aromatic rings. The van der Waals surface area contributed by atoms with Crippen LogP contribution in [0.5, 0.6) is 0 Å². The monoisotopic (exact) mass is 321 g/mol. The fraction of sp³-hybridized carbons (Fsp3) is 0.154. The van der Waals surface area contributed by atoms with Crippen LogP contribution in [0, 0.1) is 5.82 Å². The van der Waals surface area contributed by atoms with Gasteiger partial charge < -0.3 is 11.1 Å². The van der Waals surface area contributed by atoms with E-state index in [1.54, 1.807) is 12.1 Å². The van der Waals surface area contributed by atoms with E-state index in [0.717, 1.165) is 12.1 Å². The molecule has 0 amide bonds. The molecule has 1 heterocycles. The van der Waals surface area contributed by atoms with Crippen molar-refractivity contribution in [2.45, 2.75) is 12.7 Å². The molecule has 1 aromatic heterocycles. The van der Waals surface area contributed by atoms with E-state index in [4.69, 9.17) is 5.73 Å². The van der Waals surface area contributed by atoms with E-state index in [2.05, 4.69) is 10.3 Å². The van der Waals surface area contributed by atoms with Crippen LogP contribution in [0.4, 0.5) is 28.9 Å². The highest BCUT2D eigenvalue weighted by Crippen LogP contribution is 2.36. The van der Waals surface area contributed by atoms with E-state index >= 15 is 0 Å². The first kappa shape index (κ1) is 17.2. The number of nitrogens with two attached hydrogens (primary N) is 1. The Morgan fingerprint density at radius 2 is 1.86 bits per heavy atom. The second kappa shape index (κ2) is 6.73. The predicted octanol–water partition coefficient (Wildman–Crippen LogP) is 3.86. The third-order valence-electron chi connectivity index (χ3n) is 2.60. The first-order valence-corrected chi connectivity index (χ1v) is 5.69. The second-order valence-electron chi connectivity index (χ2n) is 4.06. The summed E-state index contributed by atoms with van der Waals surface area (Å²) in [6.45, 7) is 0.241. The van der Waals surface area contributed by atoms with E-state index in [0.29, 0.717) is 17.4 Å². The summed E-state index contributed by atoms with van der Waals surface area (Å²) in [6.07, 6.45) is -3.28. The minimum absolute atomic E-state index is 0. The minimum Gasteiger partial charge on any atom is -0.354 e. The Bertz CT molecular complexity index is 599. The molecule has 0 atom stereocenters. The molecule has 0 aliphatic heterocycles. The smallest absolute Gasteiger partial charge is 0.354 e. The molecule has 0 spiro atoms. The lowest BCUT2D eigenvalue weighted by atomic mass is 10.1. The predicted molar refractivity (Wildman–Crippen MR) is 74.1 cm³/mol. The first-order valence-electron chi connectivity index (χ1n) is 5.69. The maximum atomic E-state index is 13.0. The average molecular weight is 322 g/mol. The summed E-state index contributed by atoms with van der Waals surface area (Å²) in [5, 5.41) is 2.57. The molecule has 3 N–H and O–H groups in total. The maximum Gasteiger partial charge on any atom is 0.418 e. The Balaban J connectivity index is 0.00000220. The van der Waals surface area contributed by atoms with Crippen LogP contribution in [-0.2, 0) is 12.7 Å². The summed E-state index contributed by atoms with van der Waals surface area (Å²) >= 11 is 0. The highest BCUT2D eigenvalue weighted by molar-refractivity contribution is 5.85. The molecular weight excluding hydrogens is 310 g/mol. The minimum atomic E-state index is -4.64. The number of aromatic nitrogens is 1. The van der Waals surface area contributed by atoms with Gasteiger partial charge in [0.1, 0.15) is 5.82 Å². The van der Waals surface area contributed by atoms with Crippen LogP contribution in [0.15, 0.2) is 36.5 Å². The largest absolute Gasteiger partial charge is 0.418 e. The zero-order valence-electron chi connectivity index (χ0n) is 10.6. The van der Waals surface area contributed by atoms with Gasteiger partial charge in [0.05, 0.1) is 28.8 Å². The molecular formula is C13H12ClF4N3. The molecule has 21 heavy (non-hydrogen) atoms. The zero-order chi connectivity index (χ0) is 14.8. The molecule has 1 aromatic carbocycles. The Morgan fingerprint density at radius 3 is 2.38 bits per heavy atom. The van der Waals surface area contributed by atoms with Crippen molar-refractivity contribution < 1.29 is 17.6 Å². The number of nitrogens with one attached hydrogen (secondary N) is 1. The van der Waals surface area contributed by atoms with Gasteiger partial charge in [-0.15, -0.1) is 12.4 Å². The molecule has 0 bridgehead atoms. The van der Waals surface area contributed by atoms with Crippen LogP contribution >= 0.6 is 12.4 Å². The number of nitrogens with zero attached hydrogens (tertiary/aromatic N) is 1. The molecule has 0 saturated heterocycles. The van der Waals surface area contributed by atoms with E-state index in [1.807, 2.05) is 0 Å². The number of benzene rings is 1. The number of halogens is 5. The van der Waals surface area contributed by atoms with Crippen molar-refractivity contribution in [1.29, 1.82) is 0 Å². The summed E-state index contributed by atoms with van der Waals surface area (Å²) in [5.41, 5.74) is 5.05. The van der Waals surface area contributed by atoms with Gasteiger partial charge in [0.15, 0.2) is 0 Å². The summed E-state index contributed by atoms with van der Waals surface area (Å²) in [5.74, 6) is -0.945. The van der Waals surface area contributed by atoms with Crippen molar-refractivity contribution in [3.05, 3.63) is 53.6 Å². The normalized spacial score (nSPS) is 10.9. The van der Waals surface area contributed by atoms with E-state index in [1.165, 1.54) is 6.20 Å². The Labute approximate surface area is 124 Å². The molecule has 8 heteroatoms. The van der Waals surface area contributed by atoms with Crippen LogP contribution in [0.1, 0.15) is 11.3 Å². The molecule has 0 aliphatic rings. The van der Waals surface area contributed by atoms with Gasteiger partial charge in [0, 0.05) is 6.54 Å². The summed E-state index contributed by atoms with van der Waals surface area (Å²) in [7, 11) is 0. The third kappa shape index (κ3) is 4.30. The van der Waals surface area contributed by atoms with Gasteiger partial charge in [0.25, 0.3) is 0 Å². The van der Waals surface area contributed by atoms with E-state index in [9.17, 15) is 17.6 Å². The van der Waals surface area contributed by atoms with Crippen molar-refractivity contribution in [3.63, 3.8) is 0 Å². The van der Waals surface area contributed by atoms with E-state index in [-0.39, 0.29) is 24.6 Å². The van der Waals surface area contributed by atoms with Crippen molar-refractivity contribution >= 4 is 23.8 Å². The number of rotatable bonds is 3. The molecule has 0 aliphatic carbocycles. The highest BCUT2D eigenvalue weighted by Gasteiger charge is 2.34. The molecule has 0 unspecified atom stereocenters. The molecule has 0 fully saturated rings. The molecule has 114 valence electrons. The fourth-order valence-electron chi connectivity index (χ4n) is 1.63. The van der Waals surface area contributed by atoms with Crippen LogP contribution in [0.25, 0.3) is 0 Å². The fourth-order valence-corrected chi connectivity index (χ4v) is 1.63. The van der Waals surface area contributed by atoms with Crippen LogP contribution in [0.2, 0.25) is 0 Å². The van der Waals surface area contributed by atoms with Gasteiger partial charge in [-0.3, -0.25) is 4.98 Å². The van der Waals surface area contributed by atoms with E-state index < -0.39 is 17.6 Å². The summed E-state index contributed by atoms with van der Waals surface area (Å²) < 4.78 is 51.4. The number of anilines is 2. The third-order valence-corrected chi connectivity index (χ3v) is 2.60. The van der Waals surface area contributed by atoms with Gasteiger partial charge in [-0.05, 0) is 30.3 Å². The van der Waals surface area contributed by atoms with Gasteiger partial charge in [-0.1, -0.05) is 0 Å². The highest BCUT2D eigenvalue weighted by atomic mass is 35.5. The van der Waals surface area contributed by atoms with Crippen LogP contribution in [0.3, 0.4) is 0 Å². The number of alkyl halides is 3. The van der Waals surface area contributed by atoms with Crippen LogP contribution in [-0.4, -0.2) is 4.98 Å². The van der Waals surface area contributed by atoms with Crippen molar-refractivity contribution in [2.24, 2.45) is 5.73 Å². The van der Waals surface area contributed by atoms with Crippen molar-refractivity contribution in [3.8, 4) is 0 Å². The maximum absolute atomic E-state index is 13.0. The standard InChI is InChI=1S/C13H11F4N3.ClH/c14-8-1-4-12(11(5-8)13(15,16)17)20-10-3-2-9(6-18)19-7-10;/h1-5,7,20H,6,18H2;1H. The Morgan fingerprint density at radius 1 is 1.14 bits per heavy atom. The van der Waals surface area contributed by atoms with Gasteiger partial charge in [0.2, 0.25) is 0 Å².